The van der Waals surface area contributed by atoms with Crippen LogP contribution in [0.4, 0.5) is 68.2 Å². The van der Waals surface area contributed by atoms with E-state index in [1.54, 1.807) is 0 Å². The lowest BCUT2D eigenvalue weighted by molar-refractivity contribution is 0.590. The molecule has 5 heteroatoms. The summed E-state index contributed by atoms with van der Waals surface area (Å²) in [5.74, 6) is 0. The molecule has 3 aliphatic heterocycles. The van der Waals surface area contributed by atoms with E-state index < -0.39 is 0 Å². The van der Waals surface area contributed by atoms with Crippen LogP contribution in [-0.2, 0) is 10.8 Å². The summed E-state index contributed by atoms with van der Waals surface area (Å²) < 4.78 is 0. The summed E-state index contributed by atoms with van der Waals surface area (Å²) in [5, 5.41) is 0. The van der Waals surface area contributed by atoms with Crippen molar-refractivity contribution in [2.45, 2.75) is 52.4 Å². The van der Waals surface area contributed by atoms with Gasteiger partial charge in [0.15, 0.2) is 0 Å². The van der Waals surface area contributed by atoms with E-state index in [0.717, 1.165) is 73.7 Å². The first-order valence-electron chi connectivity index (χ1n) is 31.9. The Morgan fingerprint density at radius 1 is 0.264 bits per heavy atom. The number of nitrogens with zero attached hydrogens (tertiary/aromatic N) is 4. The first-order chi connectivity index (χ1) is 44.4. The largest absolute Gasteiger partial charge is 0.311 e. The van der Waals surface area contributed by atoms with Crippen molar-refractivity contribution in [3.63, 3.8) is 0 Å². The minimum atomic E-state index is -0.213. The molecule has 0 unspecified atom stereocenters. The van der Waals surface area contributed by atoms with Crippen LogP contribution in [-0.4, -0.2) is 6.71 Å². The van der Waals surface area contributed by atoms with Gasteiger partial charge in [0.25, 0.3) is 6.71 Å². The molecule has 0 saturated carbocycles. The number of hydrogen-bond donors (Lipinski definition) is 0. The molecular weight excluding hydrogens is 1100 g/mol. The Kier molecular flexibility index (Phi) is 13.4. The van der Waals surface area contributed by atoms with Gasteiger partial charge in [0.05, 0.1) is 11.4 Å². The molecule has 13 aromatic rings. The lowest BCUT2D eigenvalue weighted by Crippen LogP contribution is -2.61. The van der Waals surface area contributed by atoms with Crippen LogP contribution in [0.25, 0.3) is 55.6 Å². The van der Waals surface area contributed by atoms with Crippen LogP contribution in [0, 0.1) is 0 Å². The maximum absolute atomic E-state index is 2.66. The van der Waals surface area contributed by atoms with Crippen molar-refractivity contribution in [2.75, 3.05) is 19.6 Å². The number of hydrogen-bond acceptors (Lipinski definition) is 4. The third-order valence-electron chi connectivity index (χ3n) is 18.8. The van der Waals surface area contributed by atoms with Gasteiger partial charge in [-0.1, -0.05) is 248 Å². The summed E-state index contributed by atoms with van der Waals surface area (Å²) in [5.41, 5.74) is 31.2. The molecular formula is C86H69BN4. The Morgan fingerprint density at radius 3 is 1.24 bits per heavy atom. The highest BCUT2D eigenvalue weighted by atomic mass is 15.2. The topological polar surface area (TPSA) is 13.0 Å². The Labute approximate surface area is 536 Å². The summed E-state index contributed by atoms with van der Waals surface area (Å²) in [7, 11) is 0. The molecule has 91 heavy (non-hydrogen) atoms. The summed E-state index contributed by atoms with van der Waals surface area (Å²) in [4.78, 5) is 10.2. The van der Waals surface area contributed by atoms with Gasteiger partial charge in [0, 0.05) is 68.0 Å². The highest BCUT2D eigenvalue weighted by Crippen LogP contribution is 2.56. The van der Waals surface area contributed by atoms with Crippen LogP contribution in [0.1, 0.15) is 52.7 Å². The van der Waals surface area contributed by atoms with Crippen LogP contribution >= 0.6 is 0 Å². The first kappa shape index (κ1) is 55.4. The standard InChI is InChI=1S/C86H69BN4/c1-85(2,3)64-40-44-68(45-41-64)89(69-46-42-65(43-47-69)86(4,5)6)72-56-81-83-82(57-72)91-79-50-39-62(59-27-14-8-15-28-59)52-75(79)73-37-22-23-38-74(73)76-53-63(60-29-16-9-17-30-60)54-78(84(76)91)87(83)77-49-48-71(88(66-32-18-10-19-33-66)67-34-20-11-21-35-67)55-80(77)90(81)70-36-24-31-61(51-70)58-25-12-7-13-26-58/h7-57H,1-6H3. The predicted molar refractivity (Wildman–Crippen MR) is 388 cm³/mol. The molecule has 0 spiro atoms. The molecule has 0 saturated heterocycles. The minimum absolute atomic E-state index is 0.0378. The molecule has 0 aromatic heterocycles. The lowest BCUT2D eigenvalue weighted by Gasteiger charge is -2.46. The second-order valence-electron chi connectivity index (χ2n) is 26.6. The van der Waals surface area contributed by atoms with Crippen molar-refractivity contribution in [2.24, 2.45) is 0 Å². The van der Waals surface area contributed by atoms with Crippen LogP contribution < -0.4 is 36.0 Å². The van der Waals surface area contributed by atoms with Crippen LogP contribution in [0.3, 0.4) is 0 Å². The van der Waals surface area contributed by atoms with Crippen molar-refractivity contribution >= 4 is 91.3 Å². The molecule has 0 aliphatic carbocycles. The van der Waals surface area contributed by atoms with Crippen molar-refractivity contribution in [1.29, 1.82) is 0 Å². The third kappa shape index (κ3) is 9.71. The van der Waals surface area contributed by atoms with E-state index in [1.807, 2.05) is 0 Å². The molecule has 0 bridgehead atoms. The zero-order chi connectivity index (χ0) is 61.5. The fraction of sp³-hybridized carbons (Fsp3) is 0.0930. The maximum Gasteiger partial charge on any atom is 0.252 e. The van der Waals surface area contributed by atoms with Crippen molar-refractivity contribution in [1.82, 2.24) is 0 Å². The Balaban J connectivity index is 1.06. The molecule has 0 fully saturated rings. The highest BCUT2D eigenvalue weighted by Gasteiger charge is 2.47. The number of benzene rings is 13. The SMILES string of the molecule is CC(C)(C)c1ccc(N(c2ccc(C(C)(C)C)cc2)c2cc3c4c(c2)N2c5ccc(-c6ccccc6)cc5-c5ccccc5-c5cc(-c6ccccc6)cc(c52)B4c2ccc(N(c4ccccc4)c4ccccc4)cc2N3c2cccc(-c3ccccc3)c2)cc1. The fourth-order valence-corrected chi connectivity index (χ4v) is 14.3. The van der Waals surface area contributed by atoms with E-state index in [0.29, 0.717) is 0 Å². The zero-order valence-corrected chi connectivity index (χ0v) is 52.3. The average molecular weight is 1170 g/mol. The van der Waals surface area contributed by atoms with E-state index in [-0.39, 0.29) is 17.5 Å². The summed E-state index contributed by atoms with van der Waals surface area (Å²) >= 11 is 0. The molecule has 0 radical (unpaired) electrons. The van der Waals surface area contributed by atoms with Gasteiger partial charge < -0.3 is 19.6 Å². The molecule has 3 aliphatic rings. The molecule has 0 atom stereocenters. The quantitative estimate of drug-likeness (QED) is 0.127. The third-order valence-corrected chi connectivity index (χ3v) is 18.8. The van der Waals surface area contributed by atoms with Crippen molar-refractivity contribution < 1.29 is 0 Å². The zero-order valence-electron chi connectivity index (χ0n) is 52.3. The monoisotopic (exact) mass is 1170 g/mol. The second kappa shape index (κ2) is 22.0. The van der Waals surface area contributed by atoms with Gasteiger partial charge in [-0.15, -0.1) is 0 Å². The molecule has 13 aromatic carbocycles. The molecule has 3 heterocycles. The molecule has 4 nitrogen and oxygen atoms in total. The lowest BCUT2D eigenvalue weighted by atomic mass is 9.33. The van der Waals surface area contributed by atoms with E-state index in [9.17, 15) is 0 Å². The van der Waals surface area contributed by atoms with E-state index in [2.05, 4.69) is 371 Å². The van der Waals surface area contributed by atoms with Crippen molar-refractivity contribution in [3.8, 4) is 55.6 Å². The van der Waals surface area contributed by atoms with E-state index in [4.69, 9.17) is 0 Å². The summed E-state index contributed by atoms with van der Waals surface area (Å²) in [6, 6.07) is 116. The molecule has 0 N–H and O–H groups in total. The Bertz CT molecular complexity index is 4780. The number of fused-ring (bicyclic) bond motifs is 9. The Hall–Kier alpha value is -10.9. The first-order valence-corrected chi connectivity index (χ1v) is 31.9. The molecule has 436 valence electrons. The van der Waals surface area contributed by atoms with Gasteiger partial charge in [0.2, 0.25) is 0 Å². The normalized spacial score (nSPS) is 12.7. The second-order valence-corrected chi connectivity index (χ2v) is 26.6. The van der Waals surface area contributed by atoms with Gasteiger partial charge >= 0.3 is 0 Å². The summed E-state index contributed by atoms with van der Waals surface area (Å²) in [6.07, 6.45) is 0. The number of para-hydroxylation sites is 2. The van der Waals surface area contributed by atoms with Crippen LogP contribution in [0.5, 0.6) is 0 Å². The van der Waals surface area contributed by atoms with Crippen LogP contribution in [0.2, 0.25) is 0 Å². The van der Waals surface area contributed by atoms with E-state index >= 15 is 0 Å². The minimum Gasteiger partial charge on any atom is -0.311 e. The predicted octanol–water partition coefficient (Wildman–Crippen LogP) is 22.0. The summed E-state index contributed by atoms with van der Waals surface area (Å²) in [6.45, 7) is 13.6. The van der Waals surface area contributed by atoms with Crippen LogP contribution in [0.15, 0.2) is 309 Å². The smallest absolute Gasteiger partial charge is 0.252 e. The fourth-order valence-electron chi connectivity index (χ4n) is 14.3. The van der Waals surface area contributed by atoms with Gasteiger partial charge in [-0.05, 0) is 186 Å². The molecule has 0 amide bonds. The van der Waals surface area contributed by atoms with E-state index in [1.165, 1.54) is 77.7 Å². The maximum atomic E-state index is 2.66. The number of rotatable bonds is 10. The van der Waals surface area contributed by atoms with Gasteiger partial charge in [-0.25, -0.2) is 0 Å². The van der Waals surface area contributed by atoms with Gasteiger partial charge in [0.1, 0.15) is 0 Å². The highest BCUT2D eigenvalue weighted by molar-refractivity contribution is 7.00. The number of anilines is 12. The average Bonchev–Trinajstić information content (AvgIpc) is 1.65. The van der Waals surface area contributed by atoms with Crippen molar-refractivity contribution in [3.05, 3.63) is 321 Å². The Morgan fingerprint density at radius 2 is 0.692 bits per heavy atom. The van der Waals surface area contributed by atoms with Gasteiger partial charge in [-0.3, -0.25) is 0 Å². The molecule has 16 rings (SSSR count). The van der Waals surface area contributed by atoms with Gasteiger partial charge in [-0.2, -0.15) is 0 Å².